The molecule has 186 valence electrons. The Morgan fingerprint density at radius 1 is 0.943 bits per heavy atom. The van der Waals surface area contributed by atoms with E-state index < -0.39 is 35.8 Å². The summed E-state index contributed by atoms with van der Waals surface area (Å²) in [5.41, 5.74) is -2.70. The first-order chi connectivity index (χ1) is 16.2. The predicted octanol–water partition coefficient (Wildman–Crippen LogP) is 7.00. The molecule has 0 fully saturated rings. The topological polar surface area (TPSA) is 57.1 Å². The molecule has 0 spiro atoms. The first-order valence-corrected chi connectivity index (χ1v) is 10.4. The number of amidine groups is 1. The number of hydrogen-bond donors (Lipinski definition) is 1. The molecule has 0 saturated heterocycles. The minimum atomic E-state index is -5.00. The zero-order valence-corrected chi connectivity index (χ0v) is 18.6. The molecular formula is C24H20F7N3O. The summed E-state index contributed by atoms with van der Waals surface area (Å²) in [5, 5.41) is 8.53. The van der Waals surface area contributed by atoms with Crippen LogP contribution in [0.3, 0.4) is 0 Å². The first kappa shape index (κ1) is 26.1. The van der Waals surface area contributed by atoms with Gasteiger partial charge in [-0.25, -0.2) is 9.37 Å². The molecular weight excluding hydrogens is 479 g/mol. The van der Waals surface area contributed by atoms with Crippen LogP contribution in [0.5, 0.6) is 0 Å². The van der Waals surface area contributed by atoms with Gasteiger partial charge in [0.05, 0.1) is 22.5 Å². The normalized spacial score (nSPS) is 12.1. The van der Waals surface area contributed by atoms with Crippen LogP contribution in [0.4, 0.5) is 30.7 Å². The van der Waals surface area contributed by atoms with E-state index in [0.717, 1.165) is 6.07 Å². The van der Waals surface area contributed by atoms with Crippen LogP contribution < -0.4 is 0 Å². The molecule has 0 aliphatic carbocycles. The Hall–Kier alpha value is -3.50. The summed E-state index contributed by atoms with van der Waals surface area (Å²) < 4.78 is 93.1. The lowest BCUT2D eigenvalue weighted by molar-refractivity contribution is -0.143. The van der Waals surface area contributed by atoms with Gasteiger partial charge in [-0.2, -0.15) is 26.3 Å². The van der Waals surface area contributed by atoms with Gasteiger partial charge in [0, 0.05) is 36.5 Å². The van der Waals surface area contributed by atoms with Gasteiger partial charge in [0.15, 0.2) is 5.78 Å². The van der Waals surface area contributed by atoms with Crippen molar-refractivity contribution in [2.24, 2.45) is 0 Å². The molecule has 1 aromatic heterocycles. The molecule has 3 aromatic rings. The van der Waals surface area contributed by atoms with Crippen molar-refractivity contribution in [2.45, 2.75) is 45.7 Å². The molecule has 0 aliphatic rings. The van der Waals surface area contributed by atoms with Gasteiger partial charge in [-0.3, -0.25) is 10.2 Å². The summed E-state index contributed by atoms with van der Waals surface area (Å²) in [6.45, 7) is 2.27. The maximum absolute atomic E-state index is 13.6. The number of alkyl halides is 6. The molecule has 1 heterocycles. The standard InChI is InChI=1S/C24H20F7N3O/c1-3-21(35)22-16(8-15-4-5-19(25)10-20(15)33-22)12-34(13(2)32)11-14-6-17(23(26,27)28)9-18(7-14)24(29,30)31/h4-10,32H,3,11-12H2,1-2H3. The Balaban J connectivity index is 2.05. The maximum Gasteiger partial charge on any atom is 0.416 e. The summed E-state index contributed by atoms with van der Waals surface area (Å²) in [5.74, 6) is -1.09. The Morgan fingerprint density at radius 3 is 2.06 bits per heavy atom. The van der Waals surface area contributed by atoms with Gasteiger partial charge in [-0.1, -0.05) is 6.92 Å². The third-order valence-electron chi connectivity index (χ3n) is 5.30. The lowest BCUT2D eigenvalue weighted by Crippen LogP contribution is -2.28. The molecule has 0 amide bonds. The number of carbonyl (C=O) groups is 1. The molecule has 11 heteroatoms. The number of aromatic nitrogens is 1. The average molecular weight is 499 g/mol. The van der Waals surface area contributed by atoms with Crippen LogP contribution in [-0.2, 0) is 25.4 Å². The van der Waals surface area contributed by atoms with Crippen molar-refractivity contribution in [3.63, 3.8) is 0 Å². The second-order valence-electron chi connectivity index (χ2n) is 7.97. The van der Waals surface area contributed by atoms with E-state index in [1.165, 1.54) is 24.0 Å². The van der Waals surface area contributed by atoms with E-state index in [1.54, 1.807) is 13.0 Å². The van der Waals surface area contributed by atoms with Crippen LogP contribution in [0, 0.1) is 11.2 Å². The maximum atomic E-state index is 13.6. The number of benzene rings is 2. The third-order valence-corrected chi connectivity index (χ3v) is 5.30. The minimum absolute atomic E-state index is 0.00290. The van der Waals surface area contributed by atoms with Crippen LogP contribution >= 0.6 is 0 Å². The smallest absolute Gasteiger partial charge is 0.352 e. The Labute approximate surface area is 195 Å². The number of Topliss-reactive ketones (excluding diaryl/α,β-unsaturated/α-hetero) is 1. The quantitative estimate of drug-likeness (QED) is 0.172. The highest BCUT2D eigenvalue weighted by Crippen LogP contribution is 2.36. The van der Waals surface area contributed by atoms with Crippen molar-refractivity contribution < 1.29 is 35.5 Å². The lowest BCUT2D eigenvalue weighted by Gasteiger charge is -2.25. The van der Waals surface area contributed by atoms with Crippen LogP contribution in [-0.4, -0.2) is 21.5 Å². The molecule has 0 radical (unpaired) electrons. The van der Waals surface area contributed by atoms with E-state index in [1.807, 2.05) is 0 Å². The number of hydrogen-bond acceptors (Lipinski definition) is 3. The highest BCUT2D eigenvalue weighted by Gasteiger charge is 2.37. The zero-order valence-electron chi connectivity index (χ0n) is 18.6. The minimum Gasteiger partial charge on any atom is -0.352 e. The summed E-state index contributed by atoms with van der Waals surface area (Å²) in [7, 11) is 0. The van der Waals surface area contributed by atoms with Gasteiger partial charge < -0.3 is 4.90 Å². The van der Waals surface area contributed by atoms with Crippen LogP contribution in [0.25, 0.3) is 10.9 Å². The van der Waals surface area contributed by atoms with Crippen LogP contribution in [0.2, 0.25) is 0 Å². The number of pyridine rings is 1. The number of halogens is 7. The Bertz CT molecular complexity index is 1250. The van der Waals surface area contributed by atoms with Gasteiger partial charge in [-0.05, 0) is 48.9 Å². The van der Waals surface area contributed by atoms with Gasteiger partial charge in [0.1, 0.15) is 11.5 Å². The SMILES string of the molecule is CCC(=O)c1nc2cc(F)ccc2cc1CN(Cc1cc(C(F)(F)F)cc(C(F)(F)F)c1)C(C)=N. The Morgan fingerprint density at radius 2 is 1.54 bits per heavy atom. The van der Waals surface area contributed by atoms with E-state index in [-0.39, 0.29) is 47.4 Å². The van der Waals surface area contributed by atoms with Crippen molar-refractivity contribution in [3.05, 3.63) is 76.2 Å². The predicted molar refractivity (Wildman–Crippen MR) is 115 cm³/mol. The van der Waals surface area contributed by atoms with Gasteiger partial charge in [-0.15, -0.1) is 0 Å². The third kappa shape index (κ3) is 6.14. The van der Waals surface area contributed by atoms with Gasteiger partial charge in [0.25, 0.3) is 0 Å². The second-order valence-corrected chi connectivity index (χ2v) is 7.97. The number of ketones is 1. The lowest BCUT2D eigenvalue weighted by atomic mass is 10.0. The molecule has 0 bridgehead atoms. The number of fused-ring (bicyclic) bond motifs is 1. The number of rotatable bonds is 6. The van der Waals surface area contributed by atoms with E-state index in [0.29, 0.717) is 23.1 Å². The molecule has 0 atom stereocenters. The second kappa shape index (κ2) is 9.63. The van der Waals surface area contributed by atoms with Crippen LogP contribution in [0.1, 0.15) is 53.0 Å². The molecule has 0 aliphatic heterocycles. The molecule has 2 aromatic carbocycles. The van der Waals surface area contributed by atoms with Crippen molar-refractivity contribution >= 4 is 22.5 Å². The van der Waals surface area contributed by atoms with Gasteiger partial charge in [0.2, 0.25) is 0 Å². The van der Waals surface area contributed by atoms with Crippen molar-refractivity contribution in [2.75, 3.05) is 0 Å². The van der Waals surface area contributed by atoms with Gasteiger partial charge >= 0.3 is 12.4 Å². The number of carbonyl (C=O) groups excluding carboxylic acids is 1. The Kier molecular flexibility index (Phi) is 7.18. The van der Waals surface area contributed by atoms with Crippen LogP contribution in [0.15, 0.2) is 42.5 Å². The summed E-state index contributed by atoms with van der Waals surface area (Å²) in [4.78, 5) is 18.0. The fourth-order valence-corrected chi connectivity index (χ4v) is 3.54. The van der Waals surface area contributed by atoms with E-state index in [2.05, 4.69) is 4.98 Å². The molecule has 4 nitrogen and oxygen atoms in total. The summed E-state index contributed by atoms with van der Waals surface area (Å²) in [6, 6.07) is 6.56. The highest BCUT2D eigenvalue weighted by atomic mass is 19.4. The molecule has 1 N–H and O–H groups in total. The van der Waals surface area contributed by atoms with Crippen molar-refractivity contribution in [1.82, 2.24) is 9.88 Å². The molecule has 0 saturated carbocycles. The monoisotopic (exact) mass is 499 g/mol. The van der Waals surface area contributed by atoms with Crippen molar-refractivity contribution in [3.8, 4) is 0 Å². The van der Waals surface area contributed by atoms with E-state index >= 15 is 0 Å². The van der Waals surface area contributed by atoms with E-state index in [9.17, 15) is 35.5 Å². The summed E-state index contributed by atoms with van der Waals surface area (Å²) >= 11 is 0. The summed E-state index contributed by atoms with van der Waals surface area (Å²) in [6.07, 6.45) is -9.94. The number of nitrogens with one attached hydrogen (secondary N) is 1. The zero-order chi connectivity index (χ0) is 26.1. The fraction of sp³-hybridized carbons (Fsp3) is 0.292. The largest absolute Gasteiger partial charge is 0.416 e. The molecule has 3 rings (SSSR count). The average Bonchev–Trinajstić information content (AvgIpc) is 2.76. The molecule has 35 heavy (non-hydrogen) atoms. The number of nitrogens with zero attached hydrogens (tertiary/aromatic N) is 2. The fourth-order valence-electron chi connectivity index (χ4n) is 3.54. The molecule has 0 unspecified atom stereocenters. The first-order valence-electron chi connectivity index (χ1n) is 10.4. The van der Waals surface area contributed by atoms with Crippen molar-refractivity contribution in [1.29, 1.82) is 5.41 Å². The highest BCUT2D eigenvalue weighted by molar-refractivity contribution is 5.98. The van der Waals surface area contributed by atoms with E-state index in [4.69, 9.17) is 5.41 Å².